The first kappa shape index (κ1) is 44.9. The molecule has 0 spiro atoms. The van der Waals surface area contributed by atoms with E-state index in [1.54, 1.807) is 0 Å². The van der Waals surface area contributed by atoms with Crippen LogP contribution in [0, 0.1) is 0 Å². The number of ether oxygens (including phenoxy) is 4. The van der Waals surface area contributed by atoms with E-state index in [0.717, 1.165) is 32.1 Å². The van der Waals surface area contributed by atoms with Gasteiger partial charge in [0.2, 0.25) is 0 Å². The Hall–Kier alpha value is -1.16. The minimum atomic E-state index is -5.04. The van der Waals surface area contributed by atoms with E-state index in [1.165, 1.54) is 83.5 Å². The van der Waals surface area contributed by atoms with Gasteiger partial charge in [0.25, 0.3) is 0 Å². The van der Waals surface area contributed by atoms with Crippen molar-refractivity contribution < 1.29 is 56.2 Å². The Morgan fingerprint density at radius 2 is 1.31 bits per heavy atom. The van der Waals surface area contributed by atoms with Gasteiger partial charge < -0.3 is 34.3 Å². The Morgan fingerprint density at radius 3 is 1.88 bits per heavy atom. The van der Waals surface area contributed by atoms with Crippen LogP contribution in [0.25, 0.3) is 0 Å². The van der Waals surface area contributed by atoms with E-state index in [9.17, 15) is 28.5 Å². The van der Waals surface area contributed by atoms with Gasteiger partial charge in [-0.05, 0) is 38.5 Å². The van der Waals surface area contributed by atoms with Crippen molar-refractivity contribution in [3.63, 3.8) is 0 Å². The molecule has 1 heterocycles. The molecule has 0 aliphatic carbocycles. The number of unbranched alkanes of at least 4 members (excludes halogenated alkanes) is 16. The van der Waals surface area contributed by atoms with Crippen molar-refractivity contribution in [1.29, 1.82) is 0 Å². The minimum Gasteiger partial charge on any atom is -0.457 e. The van der Waals surface area contributed by atoms with Crippen molar-refractivity contribution in [3.05, 3.63) is 12.2 Å². The van der Waals surface area contributed by atoms with Crippen LogP contribution in [-0.4, -0.2) is 97.5 Å². The molecule has 0 aromatic rings. The van der Waals surface area contributed by atoms with Gasteiger partial charge in [0.1, 0.15) is 30.5 Å². The van der Waals surface area contributed by atoms with Gasteiger partial charge in [0, 0.05) is 13.0 Å². The van der Waals surface area contributed by atoms with Crippen LogP contribution >= 0.6 is 0 Å². The Balaban J connectivity index is 2.32. The lowest BCUT2D eigenvalue weighted by atomic mass is 9.99. The predicted octanol–water partition coefficient (Wildman–Crippen LogP) is 5.96. The number of rotatable bonds is 31. The molecule has 1 aliphatic heterocycles. The van der Waals surface area contributed by atoms with Gasteiger partial charge in [-0.2, -0.15) is 8.42 Å². The third kappa shape index (κ3) is 22.5. The second kappa shape index (κ2) is 28.5. The fourth-order valence-corrected chi connectivity index (χ4v) is 6.06. The Kier molecular flexibility index (Phi) is 26.7. The van der Waals surface area contributed by atoms with E-state index in [2.05, 4.69) is 23.3 Å². The van der Waals surface area contributed by atoms with E-state index < -0.39 is 59.8 Å². The zero-order valence-corrected chi connectivity index (χ0v) is 30.4. The maximum atomic E-state index is 12.4. The Labute approximate surface area is 289 Å². The highest BCUT2D eigenvalue weighted by Gasteiger charge is 2.48. The zero-order chi connectivity index (χ0) is 35.5. The summed E-state index contributed by atoms with van der Waals surface area (Å²) in [6.07, 6.45) is 17.9. The normalized spacial score (nSPS) is 22.3. The molecule has 4 N–H and O–H groups in total. The molecular formula is C35H66O12S. The van der Waals surface area contributed by atoms with E-state index in [-0.39, 0.29) is 19.6 Å². The fourth-order valence-electron chi connectivity index (χ4n) is 5.55. The Morgan fingerprint density at radius 1 is 0.771 bits per heavy atom. The van der Waals surface area contributed by atoms with Crippen LogP contribution in [0.2, 0.25) is 0 Å². The molecule has 0 aromatic heterocycles. The molecule has 1 rings (SSSR count). The number of esters is 1. The summed E-state index contributed by atoms with van der Waals surface area (Å²) in [7, 11) is -5.04. The third-order valence-electron chi connectivity index (χ3n) is 8.39. The molecule has 48 heavy (non-hydrogen) atoms. The first-order valence-electron chi connectivity index (χ1n) is 18.4. The second-order valence-corrected chi connectivity index (χ2v) is 13.9. The SMILES string of the molecule is CCCCCCCC/C=C\CCCCCCCCCCOCC(COC1OC(CO)C(O)C(OS(=O)(=O)O)C1O)OC(=O)CCCCC. The summed E-state index contributed by atoms with van der Waals surface area (Å²) in [4.78, 5) is 12.4. The number of aliphatic hydroxyl groups is 3. The zero-order valence-electron chi connectivity index (χ0n) is 29.6. The van der Waals surface area contributed by atoms with Crippen molar-refractivity contribution in [3.8, 4) is 0 Å². The molecule has 0 bridgehead atoms. The first-order chi connectivity index (χ1) is 23.1. The molecule has 284 valence electrons. The molecule has 1 saturated heterocycles. The summed E-state index contributed by atoms with van der Waals surface area (Å²) >= 11 is 0. The number of hydrogen-bond acceptors (Lipinski definition) is 11. The average Bonchev–Trinajstić information content (AvgIpc) is 3.04. The maximum Gasteiger partial charge on any atom is 0.397 e. The summed E-state index contributed by atoms with van der Waals surface area (Å²) in [6, 6.07) is 0. The maximum absolute atomic E-state index is 12.4. The number of allylic oxidation sites excluding steroid dienone is 2. The van der Waals surface area contributed by atoms with Crippen molar-refractivity contribution in [1.82, 2.24) is 0 Å². The van der Waals surface area contributed by atoms with E-state index in [0.29, 0.717) is 13.0 Å². The summed E-state index contributed by atoms with van der Waals surface area (Å²) in [5.41, 5.74) is 0. The fraction of sp³-hybridized carbons (Fsp3) is 0.914. The summed E-state index contributed by atoms with van der Waals surface area (Å²) in [6.45, 7) is 3.77. The van der Waals surface area contributed by atoms with Gasteiger partial charge in [0.05, 0.1) is 19.8 Å². The average molecular weight is 711 g/mol. The predicted molar refractivity (Wildman–Crippen MR) is 184 cm³/mol. The first-order valence-corrected chi connectivity index (χ1v) is 19.8. The number of carbonyl (C=O) groups is 1. The van der Waals surface area contributed by atoms with Crippen molar-refractivity contribution in [2.75, 3.05) is 26.4 Å². The lowest BCUT2D eigenvalue weighted by Gasteiger charge is -2.41. The summed E-state index contributed by atoms with van der Waals surface area (Å²) in [5.74, 6) is -0.425. The number of aliphatic hydroxyl groups excluding tert-OH is 3. The van der Waals surface area contributed by atoms with Gasteiger partial charge in [-0.3, -0.25) is 9.35 Å². The number of carbonyl (C=O) groups excluding carboxylic acids is 1. The van der Waals surface area contributed by atoms with Crippen LogP contribution in [0.1, 0.15) is 142 Å². The molecule has 12 nitrogen and oxygen atoms in total. The highest BCUT2D eigenvalue weighted by molar-refractivity contribution is 7.80. The van der Waals surface area contributed by atoms with Crippen LogP contribution in [-0.2, 0) is 38.3 Å². The smallest absolute Gasteiger partial charge is 0.397 e. The molecule has 1 aliphatic rings. The van der Waals surface area contributed by atoms with Crippen LogP contribution < -0.4 is 0 Å². The van der Waals surface area contributed by atoms with Gasteiger partial charge in [-0.1, -0.05) is 109 Å². The topological polar surface area (TPSA) is 178 Å². The van der Waals surface area contributed by atoms with Crippen LogP contribution in [0.4, 0.5) is 0 Å². The summed E-state index contributed by atoms with van der Waals surface area (Å²) < 4.78 is 58.2. The molecule has 6 atom stereocenters. The van der Waals surface area contributed by atoms with Crippen molar-refractivity contribution in [2.45, 2.75) is 179 Å². The van der Waals surface area contributed by atoms with Crippen LogP contribution in [0.5, 0.6) is 0 Å². The quantitative estimate of drug-likeness (QED) is 0.0288. The minimum absolute atomic E-state index is 0.0345. The molecule has 6 unspecified atom stereocenters. The molecule has 0 aromatic carbocycles. The van der Waals surface area contributed by atoms with Gasteiger partial charge >= 0.3 is 16.4 Å². The van der Waals surface area contributed by atoms with E-state index >= 15 is 0 Å². The monoisotopic (exact) mass is 710 g/mol. The lowest BCUT2D eigenvalue weighted by Crippen LogP contribution is -2.60. The molecule has 13 heteroatoms. The molecule has 0 saturated carbocycles. The molecule has 0 amide bonds. The van der Waals surface area contributed by atoms with Crippen LogP contribution in [0.3, 0.4) is 0 Å². The lowest BCUT2D eigenvalue weighted by molar-refractivity contribution is -0.301. The largest absolute Gasteiger partial charge is 0.457 e. The summed E-state index contributed by atoms with van der Waals surface area (Å²) in [5, 5.41) is 30.3. The van der Waals surface area contributed by atoms with Crippen LogP contribution in [0.15, 0.2) is 12.2 Å². The number of hydrogen-bond donors (Lipinski definition) is 4. The second-order valence-electron chi connectivity index (χ2n) is 12.8. The van der Waals surface area contributed by atoms with Gasteiger partial charge in [0.15, 0.2) is 6.29 Å². The van der Waals surface area contributed by atoms with Crippen molar-refractivity contribution >= 4 is 16.4 Å². The highest BCUT2D eigenvalue weighted by atomic mass is 32.3. The van der Waals surface area contributed by atoms with E-state index in [4.69, 9.17) is 23.5 Å². The third-order valence-corrected chi connectivity index (χ3v) is 8.85. The highest BCUT2D eigenvalue weighted by Crippen LogP contribution is 2.26. The van der Waals surface area contributed by atoms with Crippen molar-refractivity contribution in [2.24, 2.45) is 0 Å². The van der Waals surface area contributed by atoms with Gasteiger partial charge in [-0.15, -0.1) is 0 Å². The van der Waals surface area contributed by atoms with E-state index in [1.807, 2.05) is 6.92 Å². The standard InChI is InChI=1S/C35H66O12S/c1-3-5-7-8-9-10-11-12-13-14-15-16-17-18-19-20-21-23-25-43-27-29(45-31(37)24-22-6-4-2)28-44-35-33(39)34(47-48(40,41)42)32(38)30(26-36)46-35/h12-13,29-30,32-36,38-39H,3-11,14-28H2,1-2H3,(H,40,41,42)/b13-12-. The molecule has 0 radical (unpaired) electrons. The van der Waals surface area contributed by atoms with Gasteiger partial charge in [-0.25, -0.2) is 4.18 Å². The molecular weight excluding hydrogens is 644 g/mol. The molecule has 1 fully saturated rings. The Bertz CT molecular complexity index is 915.